The Morgan fingerprint density at radius 2 is 1.60 bits per heavy atom. The summed E-state index contributed by atoms with van der Waals surface area (Å²) in [6, 6.07) is 13.2. The molecule has 0 saturated heterocycles. The summed E-state index contributed by atoms with van der Waals surface area (Å²) in [5.41, 5.74) is 1.82. The zero-order valence-corrected chi connectivity index (χ0v) is 10.9. The summed E-state index contributed by atoms with van der Waals surface area (Å²) in [6.07, 6.45) is 0. The van der Waals surface area contributed by atoms with E-state index in [1.165, 1.54) is 6.92 Å². The second-order valence-corrected chi connectivity index (χ2v) is 4.21. The van der Waals surface area contributed by atoms with E-state index in [0.29, 0.717) is 22.5 Å². The van der Waals surface area contributed by atoms with Gasteiger partial charge < -0.3 is 5.32 Å². The zero-order chi connectivity index (χ0) is 14.5. The fraction of sp³-hybridized carbons (Fsp3) is 0.0625. The number of hydrogen-bond donors (Lipinski definition) is 1. The fourth-order valence-electron chi connectivity index (χ4n) is 1.81. The summed E-state index contributed by atoms with van der Waals surface area (Å²) in [7, 11) is 0. The number of carbonyl (C=O) groups is 2. The van der Waals surface area contributed by atoms with Gasteiger partial charge in [0.05, 0.1) is 12.1 Å². The third-order valence-electron chi connectivity index (χ3n) is 2.81. The van der Waals surface area contributed by atoms with Gasteiger partial charge in [0, 0.05) is 11.3 Å². The predicted octanol–water partition coefficient (Wildman–Crippen LogP) is 3.69. The van der Waals surface area contributed by atoms with Crippen LogP contribution < -0.4 is 5.32 Å². The molecule has 0 aromatic heterocycles. The van der Waals surface area contributed by atoms with Crippen LogP contribution in [0, 0.1) is 6.57 Å². The smallest absolute Gasteiger partial charge is 0.256 e. The fourth-order valence-corrected chi connectivity index (χ4v) is 1.81. The Hall–Kier alpha value is -2.93. The molecule has 20 heavy (non-hydrogen) atoms. The Labute approximate surface area is 116 Å². The van der Waals surface area contributed by atoms with Gasteiger partial charge in [-0.1, -0.05) is 30.3 Å². The predicted molar refractivity (Wildman–Crippen MR) is 77.1 cm³/mol. The highest BCUT2D eigenvalue weighted by atomic mass is 16.2. The van der Waals surface area contributed by atoms with Gasteiger partial charge in [-0.15, -0.1) is 0 Å². The molecule has 0 saturated carbocycles. The molecular weight excluding hydrogens is 252 g/mol. The first kappa shape index (κ1) is 13.5. The Morgan fingerprint density at radius 3 is 2.15 bits per heavy atom. The summed E-state index contributed by atoms with van der Waals surface area (Å²) in [6.45, 7) is 8.29. The Bertz CT molecular complexity index is 697. The maximum absolute atomic E-state index is 12.2. The molecule has 0 aliphatic rings. The minimum Gasteiger partial charge on any atom is -0.322 e. The van der Waals surface area contributed by atoms with E-state index in [9.17, 15) is 9.59 Å². The summed E-state index contributed by atoms with van der Waals surface area (Å²) >= 11 is 0. The molecule has 2 aromatic carbocycles. The number of anilines is 1. The SMILES string of the molecule is [C-]#[N+]c1ccc(NC(=O)c2ccccc2C(C)=O)cc1. The molecule has 2 rings (SSSR count). The van der Waals surface area contributed by atoms with Crippen LogP contribution in [0.5, 0.6) is 0 Å². The molecule has 0 aliphatic heterocycles. The number of nitrogens with zero attached hydrogens (tertiary/aromatic N) is 1. The van der Waals surface area contributed by atoms with Gasteiger partial charge in [0.2, 0.25) is 0 Å². The van der Waals surface area contributed by atoms with Gasteiger partial charge >= 0.3 is 0 Å². The van der Waals surface area contributed by atoms with E-state index in [1.54, 1.807) is 48.5 Å². The van der Waals surface area contributed by atoms with Crippen LogP contribution in [0.3, 0.4) is 0 Å². The molecule has 0 radical (unpaired) electrons. The van der Waals surface area contributed by atoms with Crippen molar-refractivity contribution >= 4 is 23.1 Å². The van der Waals surface area contributed by atoms with Gasteiger partial charge in [-0.2, -0.15) is 0 Å². The van der Waals surface area contributed by atoms with E-state index in [-0.39, 0.29) is 11.7 Å². The lowest BCUT2D eigenvalue weighted by atomic mass is 10.0. The molecule has 0 aliphatic carbocycles. The Balaban J connectivity index is 2.24. The molecule has 1 amide bonds. The van der Waals surface area contributed by atoms with E-state index in [0.717, 1.165) is 0 Å². The van der Waals surface area contributed by atoms with Crippen LogP contribution in [-0.2, 0) is 0 Å². The third-order valence-corrected chi connectivity index (χ3v) is 2.81. The number of nitrogens with one attached hydrogen (secondary N) is 1. The lowest BCUT2D eigenvalue weighted by Crippen LogP contribution is -2.15. The highest BCUT2D eigenvalue weighted by Crippen LogP contribution is 2.17. The van der Waals surface area contributed by atoms with Crippen molar-refractivity contribution < 1.29 is 9.59 Å². The number of benzene rings is 2. The number of ketones is 1. The number of carbonyl (C=O) groups excluding carboxylic acids is 2. The lowest BCUT2D eigenvalue weighted by Gasteiger charge is -2.08. The molecule has 1 N–H and O–H groups in total. The van der Waals surface area contributed by atoms with E-state index >= 15 is 0 Å². The zero-order valence-electron chi connectivity index (χ0n) is 10.9. The van der Waals surface area contributed by atoms with Crippen LogP contribution >= 0.6 is 0 Å². The van der Waals surface area contributed by atoms with Gasteiger partial charge in [0.25, 0.3) is 5.91 Å². The molecule has 0 spiro atoms. The maximum atomic E-state index is 12.2. The van der Waals surface area contributed by atoms with Crippen molar-refractivity contribution in [3.05, 3.63) is 71.1 Å². The van der Waals surface area contributed by atoms with E-state index < -0.39 is 0 Å². The Kier molecular flexibility index (Phi) is 3.92. The third kappa shape index (κ3) is 2.90. The van der Waals surface area contributed by atoms with Crippen LogP contribution in [0.4, 0.5) is 11.4 Å². The van der Waals surface area contributed by atoms with E-state index in [4.69, 9.17) is 6.57 Å². The van der Waals surface area contributed by atoms with Crippen molar-refractivity contribution in [3.63, 3.8) is 0 Å². The second-order valence-electron chi connectivity index (χ2n) is 4.21. The van der Waals surface area contributed by atoms with Crippen molar-refractivity contribution in [1.82, 2.24) is 0 Å². The topological polar surface area (TPSA) is 50.5 Å². The van der Waals surface area contributed by atoms with Crippen molar-refractivity contribution in [3.8, 4) is 0 Å². The highest BCUT2D eigenvalue weighted by molar-refractivity contribution is 6.12. The van der Waals surface area contributed by atoms with Crippen molar-refractivity contribution in [2.75, 3.05) is 5.32 Å². The van der Waals surface area contributed by atoms with Gasteiger partial charge in [-0.05, 0) is 25.1 Å². The minimum atomic E-state index is -0.341. The number of amides is 1. The van der Waals surface area contributed by atoms with Gasteiger partial charge in [0.15, 0.2) is 11.5 Å². The maximum Gasteiger partial charge on any atom is 0.256 e. The average Bonchev–Trinajstić information content (AvgIpc) is 2.48. The normalized spacial score (nSPS) is 9.60. The molecule has 98 valence electrons. The molecule has 0 heterocycles. The van der Waals surface area contributed by atoms with Gasteiger partial charge in [0.1, 0.15) is 0 Å². The number of Topliss-reactive ketones (excluding diaryl/α,β-unsaturated/α-hetero) is 1. The summed E-state index contributed by atoms with van der Waals surface area (Å²) in [5, 5.41) is 2.71. The first-order chi connectivity index (χ1) is 9.61. The molecule has 2 aromatic rings. The second kappa shape index (κ2) is 5.81. The first-order valence-electron chi connectivity index (χ1n) is 6.00. The molecule has 0 bridgehead atoms. The van der Waals surface area contributed by atoms with Crippen LogP contribution in [0.15, 0.2) is 48.5 Å². The molecule has 0 atom stereocenters. The molecular formula is C16H12N2O2. The van der Waals surface area contributed by atoms with Crippen molar-refractivity contribution in [2.24, 2.45) is 0 Å². The largest absolute Gasteiger partial charge is 0.322 e. The summed E-state index contributed by atoms with van der Waals surface area (Å²) in [4.78, 5) is 26.9. The van der Waals surface area contributed by atoms with Crippen molar-refractivity contribution in [2.45, 2.75) is 6.92 Å². The van der Waals surface area contributed by atoms with Crippen LogP contribution in [0.2, 0.25) is 0 Å². The molecule has 4 nitrogen and oxygen atoms in total. The Morgan fingerprint density at radius 1 is 1.00 bits per heavy atom. The van der Waals surface area contributed by atoms with Crippen LogP contribution in [-0.4, -0.2) is 11.7 Å². The monoisotopic (exact) mass is 264 g/mol. The van der Waals surface area contributed by atoms with Gasteiger partial charge in [-0.3, -0.25) is 9.59 Å². The van der Waals surface area contributed by atoms with Crippen molar-refractivity contribution in [1.29, 1.82) is 0 Å². The molecule has 0 unspecified atom stereocenters. The highest BCUT2D eigenvalue weighted by Gasteiger charge is 2.13. The number of hydrogen-bond acceptors (Lipinski definition) is 2. The van der Waals surface area contributed by atoms with E-state index in [1.807, 2.05) is 0 Å². The number of rotatable bonds is 3. The lowest BCUT2D eigenvalue weighted by molar-refractivity contribution is 0.0985. The minimum absolute atomic E-state index is 0.154. The average molecular weight is 264 g/mol. The summed E-state index contributed by atoms with van der Waals surface area (Å²) in [5.74, 6) is -0.495. The van der Waals surface area contributed by atoms with E-state index in [2.05, 4.69) is 10.2 Å². The van der Waals surface area contributed by atoms with Gasteiger partial charge in [-0.25, -0.2) is 4.85 Å². The first-order valence-corrected chi connectivity index (χ1v) is 6.00. The van der Waals surface area contributed by atoms with Crippen LogP contribution in [0.1, 0.15) is 27.6 Å². The standard InChI is InChI=1S/C16H12N2O2/c1-11(19)14-5-3-4-6-15(14)16(20)18-13-9-7-12(17-2)8-10-13/h3-10H,1H3,(H,18,20). The van der Waals surface area contributed by atoms with Crippen LogP contribution in [0.25, 0.3) is 4.85 Å². The summed E-state index contributed by atoms with van der Waals surface area (Å²) < 4.78 is 0. The molecule has 0 fully saturated rings. The molecule has 4 heteroatoms. The quantitative estimate of drug-likeness (QED) is 0.679.